The zero-order valence-corrected chi connectivity index (χ0v) is 12.6. The molecule has 1 fully saturated rings. The van der Waals surface area contributed by atoms with Gasteiger partial charge in [0.05, 0.1) is 6.04 Å². The fourth-order valence-corrected chi connectivity index (χ4v) is 2.60. The number of likely N-dealkylation sites (N-methyl/N-ethyl adjacent to an activating group) is 1. The van der Waals surface area contributed by atoms with Crippen LogP contribution in [-0.4, -0.2) is 55.0 Å². The van der Waals surface area contributed by atoms with Gasteiger partial charge in [-0.25, -0.2) is 0 Å². The normalized spacial score (nSPS) is 21.1. The van der Waals surface area contributed by atoms with E-state index in [0.29, 0.717) is 6.54 Å². The second-order valence-electron chi connectivity index (χ2n) is 4.66. The van der Waals surface area contributed by atoms with E-state index >= 15 is 0 Å². The number of nitrogens with two attached hydrogens (primary N) is 1. The average Bonchev–Trinajstić information content (AvgIpc) is 2.38. The van der Waals surface area contributed by atoms with Gasteiger partial charge < -0.3 is 15.5 Å². The third-order valence-electron chi connectivity index (χ3n) is 3.31. The van der Waals surface area contributed by atoms with Crippen LogP contribution in [0.15, 0.2) is 24.3 Å². The van der Waals surface area contributed by atoms with Crippen LogP contribution in [0.5, 0.6) is 0 Å². The first-order valence-corrected chi connectivity index (χ1v) is 7.15. The Kier molecular flexibility index (Phi) is 4.58. The Bertz CT molecular complexity index is 421. The van der Waals surface area contributed by atoms with Gasteiger partial charge in [0, 0.05) is 35.3 Å². The summed E-state index contributed by atoms with van der Waals surface area (Å²) in [6.45, 7) is 3.03. The molecule has 1 unspecified atom stereocenters. The zero-order valence-electron chi connectivity index (χ0n) is 10.5. The van der Waals surface area contributed by atoms with Crippen LogP contribution in [0.1, 0.15) is 10.4 Å². The molecular formula is C13H18IN3O. The largest absolute Gasteiger partial charge is 0.332 e. The number of carbonyl (C=O) groups excluding carboxylic acids is 1. The van der Waals surface area contributed by atoms with Gasteiger partial charge >= 0.3 is 0 Å². The van der Waals surface area contributed by atoms with Gasteiger partial charge in [-0.15, -0.1) is 0 Å². The maximum Gasteiger partial charge on any atom is 0.254 e. The predicted molar refractivity (Wildman–Crippen MR) is 80.5 cm³/mol. The van der Waals surface area contributed by atoms with Gasteiger partial charge in [0.2, 0.25) is 0 Å². The molecule has 1 aromatic carbocycles. The third kappa shape index (κ3) is 3.02. The summed E-state index contributed by atoms with van der Waals surface area (Å²) < 4.78 is 1.14. The van der Waals surface area contributed by atoms with E-state index in [1.54, 1.807) is 0 Å². The SMILES string of the molecule is CN1CCN(C(=O)c2ccc(I)cc2)C(CN)C1. The molecule has 0 saturated carbocycles. The van der Waals surface area contributed by atoms with Crippen molar-refractivity contribution < 1.29 is 4.79 Å². The maximum atomic E-state index is 12.4. The van der Waals surface area contributed by atoms with Crippen LogP contribution in [0, 0.1) is 3.57 Å². The number of benzene rings is 1. The van der Waals surface area contributed by atoms with E-state index in [1.165, 1.54) is 0 Å². The summed E-state index contributed by atoms with van der Waals surface area (Å²) >= 11 is 2.24. The van der Waals surface area contributed by atoms with Crippen LogP contribution < -0.4 is 5.73 Å². The van der Waals surface area contributed by atoms with Crippen LogP contribution in [0.2, 0.25) is 0 Å². The number of rotatable bonds is 2. The molecule has 4 nitrogen and oxygen atoms in total. The molecule has 1 amide bonds. The summed E-state index contributed by atoms with van der Waals surface area (Å²) in [6, 6.07) is 7.81. The minimum absolute atomic E-state index is 0.0925. The Balaban J connectivity index is 2.14. The van der Waals surface area contributed by atoms with Crippen molar-refractivity contribution in [2.75, 3.05) is 33.2 Å². The van der Waals surface area contributed by atoms with Gasteiger partial charge in [-0.3, -0.25) is 4.79 Å². The second kappa shape index (κ2) is 5.99. The molecule has 1 aliphatic heterocycles. The first-order valence-electron chi connectivity index (χ1n) is 6.07. The molecule has 1 atom stereocenters. The van der Waals surface area contributed by atoms with Gasteiger partial charge in [0.15, 0.2) is 0 Å². The maximum absolute atomic E-state index is 12.4. The molecule has 98 valence electrons. The summed E-state index contributed by atoms with van der Waals surface area (Å²) in [7, 11) is 2.06. The lowest BCUT2D eigenvalue weighted by atomic mass is 10.1. The Morgan fingerprint density at radius 3 is 2.67 bits per heavy atom. The van der Waals surface area contributed by atoms with Crippen molar-refractivity contribution in [1.82, 2.24) is 9.80 Å². The number of piperazine rings is 1. The Labute approximate surface area is 121 Å². The number of amides is 1. The van der Waals surface area contributed by atoms with Gasteiger partial charge in [-0.1, -0.05) is 0 Å². The second-order valence-corrected chi connectivity index (χ2v) is 5.90. The molecule has 2 N–H and O–H groups in total. The van der Waals surface area contributed by atoms with E-state index < -0.39 is 0 Å². The Morgan fingerprint density at radius 1 is 1.39 bits per heavy atom. The molecule has 1 heterocycles. The minimum Gasteiger partial charge on any atom is -0.332 e. The highest BCUT2D eigenvalue weighted by molar-refractivity contribution is 14.1. The van der Waals surface area contributed by atoms with Gasteiger partial charge in [0.25, 0.3) is 5.91 Å². The lowest BCUT2D eigenvalue weighted by Gasteiger charge is -2.39. The van der Waals surface area contributed by atoms with Crippen molar-refractivity contribution in [2.24, 2.45) is 5.73 Å². The molecule has 5 heteroatoms. The van der Waals surface area contributed by atoms with Gasteiger partial charge in [-0.05, 0) is 53.9 Å². The molecule has 1 aromatic rings. The van der Waals surface area contributed by atoms with Crippen molar-refractivity contribution in [3.63, 3.8) is 0 Å². The highest BCUT2D eigenvalue weighted by Crippen LogP contribution is 2.14. The molecule has 0 bridgehead atoms. The van der Waals surface area contributed by atoms with Gasteiger partial charge in [0.1, 0.15) is 0 Å². The molecular weight excluding hydrogens is 341 g/mol. The topological polar surface area (TPSA) is 49.6 Å². The highest BCUT2D eigenvalue weighted by atomic mass is 127. The summed E-state index contributed by atoms with van der Waals surface area (Å²) in [5, 5.41) is 0. The molecule has 0 spiro atoms. The van der Waals surface area contributed by atoms with E-state index in [0.717, 1.165) is 28.8 Å². The van der Waals surface area contributed by atoms with Crippen LogP contribution >= 0.6 is 22.6 Å². The highest BCUT2D eigenvalue weighted by Gasteiger charge is 2.28. The first-order chi connectivity index (χ1) is 8.61. The molecule has 0 aromatic heterocycles. The lowest BCUT2D eigenvalue weighted by Crippen LogP contribution is -2.56. The summed E-state index contributed by atoms with van der Waals surface area (Å²) in [6.07, 6.45) is 0. The van der Waals surface area contributed by atoms with Crippen LogP contribution in [0.25, 0.3) is 0 Å². The third-order valence-corrected chi connectivity index (χ3v) is 4.03. The lowest BCUT2D eigenvalue weighted by molar-refractivity contribution is 0.0516. The Morgan fingerprint density at radius 2 is 2.06 bits per heavy atom. The van der Waals surface area contributed by atoms with Crippen molar-refractivity contribution in [1.29, 1.82) is 0 Å². The standard InChI is InChI=1S/C13H18IN3O/c1-16-6-7-17(12(8-15)9-16)13(18)10-2-4-11(14)5-3-10/h2-5,12H,6-9,15H2,1H3. The molecule has 0 aliphatic carbocycles. The van der Waals surface area contributed by atoms with E-state index in [-0.39, 0.29) is 11.9 Å². The summed E-state index contributed by atoms with van der Waals surface area (Å²) in [4.78, 5) is 16.6. The van der Waals surface area contributed by atoms with Crippen molar-refractivity contribution >= 4 is 28.5 Å². The zero-order chi connectivity index (χ0) is 13.1. The fraction of sp³-hybridized carbons (Fsp3) is 0.462. The van der Waals surface area contributed by atoms with Crippen LogP contribution in [0.4, 0.5) is 0 Å². The number of carbonyl (C=O) groups is 1. The van der Waals surface area contributed by atoms with Crippen molar-refractivity contribution in [3.05, 3.63) is 33.4 Å². The summed E-state index contributed by atoms with van der Waals surface area (Å²) in [5.41, 5.74) is 6.52. The summed E-state index contributed by atoms with van der Waals surface area (Å²) in [5.74, 6) is 0.0925. The molecule has 2 rings (SSSR count). The van der Waals surface area contributed by atoms with Crippen molar-refractivity contribution in [2.45, 2.75) is 6.04 Å². The van der Waals surface area contributed by atoms with Crippen LogP contribution in [-0.2, 0) is 0 Å². The van der Waals surface area contributed by atoms with E-state index in [1.807, 2.05) is 29.2 Å². The molecule has 1 aliphatic rings. The Hall–Kier alpha value is -0.660. The molecule has 1 saturated heterocycles. The van der Waals surface area contributed by atoms with Crippen molar-refractivity contribution in [3.8, 4) is 0 Å². The van der Waals surface area contributed by atoms with Gasteiger partial charge in [-0.2, -0.15) is 0 Å². The predicted octanol–water partition coefficient (Wildman–Crippen LogP) is 1.01. The number of hydrogen-bond acceptors (Lipinski definition) is 3. The first kappa shape index (κ1) is 13.8. The van der Waals surface area contributed by atoms with E-state index in [2.05, 4.69) is 34.5 Å². The monoisotopic (exact) mass is 359 g/mol. The molecule has 0 radical (unpaired) electrons. The number of hydrogen-bond donors (Lipinski definition) is 1. The quantitative estimate of drug-likeness (QED) is 0.802. The fourth-order valence-electron chi connectivity index (χ4n) is 2.24. The number of nitrogens with zero attached hydrogens (tertiary/aromatic N) is 2. The van der Waals surface area contributed by atoms with E-state index in [4.69, 9.17) is 5.73 Å². The minimum atomic E-state index is 0.0925. The number of halogens is 1. The van der Waals surface area contributed by atoms with E-state index in [9.17, 15) is 4.79 Å². The smallest absolute Gasteiger partial charge is 0.254 e. The van der Waals surface area contributed by atoms with Crippen LogP contribution in [0.3, 0.4) is 0 Å². The molecule has 18 heavy (non-hydrogen) atoms. The average molecular weight is 359 g/mol.